The SMILES string of the molecule is CC(Cc1ccc(OC(C)(C)CO)cc1)C(O)(CN)c1cccc(C(F)(F)F)c1. The van der Waals surface area contributed by atoms with Crippen LogP contribution in [-0.2, 0) is 18.2 Å². The average molecular weight is 411 g/mol. The summed E-state index contributed by atoms with van der Waals surface area (Å²) in [6.45, 7) is 4.94. The summed E-state index contributed by atoms with van der Waals surface area (Å²) < 4.78 is 44.8. The van der Waals surface area contributed by atoms with Crippen molar-refractivity contribution in [3.63, 3.8) is 0 Å². The Morgan fingerprint density at radius 1 is 1.03 bits per heavy atom. The van der Waals surface area contributed by atoms with Crippen LogP contribution in [0.25, 0.3) is 0 Å². The van der Waals surface area contributed by atoms with Crippen molar-refractivity contribution in [3.8, 4) is 5.75 Å². The van der Waals surface area contributed by atoms with Gasteiger partial charge in [-0.05, 0) is 61.6 Å². The van der Waals surface area contributed by atoms with Gasteiger partial charge in [0.1, 0.15) is 17.0 Å². The van der Waals surface area contributed by atoms with E-state index in [0.717, 1.165) is 17.7 Å². The van der Waals surface area contributed by atoms with Gasteiger partial charge in [-0.1, -0.05) is 31.2 Å². The lowest BCUT2D eigenvalue weighted by Crippen LogP contribution is -2.42. The van der Waals surface area contributed by atoms with E-state index in [1.807, 2.05) is 12.1 Å². The summed E-state index contributed by atoms with van der Waals surface area (Å²) in [4.78, 5) is 0. The Morgan fingerprint density at radius 2 is 1.62 bits per heavy atom. The molecular formula is C22H28F3NO3. The second-order valence-corrected chi connectivity index (χ2v) is 7.98. The topological polar surface area (TPSA) is 75.7 Å². The van der Waals surface area contributed by atoms with E-state index in [2.05, 4.69) is 0 Å². The van der Waals surface area contributed by atoms with Crippen LogP contribution in [0.2, 0.25) is 0 Å². The molecular weight excluding hydrogens is 383 g/mol. The quantitative estimate of drug-likeness (QED) is 0.616. The van der Waals surface area contributed by atoms with E-state index in [-0.39, 0.29) is 18.7 Å². The summed E-state index contributed by atoms with van der Waals surface area (Å²) in [6.07, 6.45) is -4.08. The van der Waals surface area contributed by atoms with Crippen LogP contribution in [0.3, 0.4) is 0 Å². The van der Waals surface area contributed by atoms with Gasteiger partial charge in [0.15, 0.2) is 0 Å². The van der Waals surface area contributed by atoms with Crippen molar-refractivity contribution in [1.29, 1.82) is 0 Å². The normalized spacial score (nSPS) is 15.6. The molecule has 0 radical (unpaired) electrons. The molecule has 7 heteroatoms. The molecule has 160 valence electrons. The zero-order chi connectivity index (χ0) is 21.9. The van der Waals surface area contributed by atoms with Crippen molar-refractivity contribution in [2.45, 2.75) is 44.6 Å². The van der Waals surface area contributed by atoms with Gasteiger partial charge in [0, 0.05) is 6.54 Å². The average Bonchev–Trinajstić information content (AvgIpc) is 2.68. The maximum absolute atomic E-state index is 13.0. The third-order valence-corrected chi connectivity index (χ3v) is 5.06. The highest BCUT2D eigenvalue weighted by molar-refractivity contribution is 5.32. The standard InChI is InChI=1S/C22H28F3NO3/c1-15(11-16-7-9-19(10-8-16)29-20(2,3)14-27)21(28,13-26)17-5-4-6-18(12-17)22(23,24)25/h4-10,12,15,27-28H,11,13-14,26H2,1-3H3. The Labute approximate surface area is 169 Å². The third kappa shape index (κ3) is 5.72. The van der Waals surface area contributed by atoms with Gasteiger partial charge in [-0.2, -0.15) is 13.2 Å². The summed E-state index contributed by atoms with van der Waals surface area (Å²) in [6, 6.07) is 11.8. The van der Waals surface area contributed by atoms with Crippen LogP contribution in [-0.4, -0.2) is 29.0 Å². The summed E-state index contributed by atoms with van der Waals surface area (Å²) in [5.41, 5.74) is 3.68. The first-order valence-electron chi connectivity index (χ1n) is 9.40. The molecule has 2 atom stereocenters. The van der Waals surface area contributed by atoms with Gasteiger partial charge in [0.25, 0.3) is 0 Å². The van der Waals surface area contributed by atoms with Crippen LogP contribution >= 0.6 is 0 Å². The van der Waals surface area contributed by atoms with E-state index in [1.165, 1.54) is 12.1 Å². The largest absolute Gasteiger partial charge is 0.485 e. The molecule has 0 spiro atoms. The second-order valence-electron chi connectivity index (χ2n) is 7.98. The van der Waals surface area contributed by atoms with Crippen molar-refractivity contribution >= 4 is 0 Å². The van der Waals surface area contributed by atoms with Gasteiger partial charge in [-0.25, -0.2) is 0 Å². The molecule has 0 heterocycles. The maximum Gasteiger partial charge on any atom is 0.416 e. The molecule has 2 rings (SSSR count). The Bertz CT molecular complexity index is 806. The maximum atomic E-state index is 13.0. The molecule has 0 fully saturated rings. The minimum absolute atomic E-state index is 0.133. The highest BCUT2D eigenvalue weighted by Crippen LogP contribution is 2.36. The fraction of sp³-hybridized carbons (Fsp3) is 0.455. The monoisotopic (exact) mass is 411 g/mol. The van der Waals surface area contributed by atoms with Crippen molar-refractivity contribution in [2.75, 3.05) is 13.2 Å². The number of hydrogen-bond acceptors (Lipinski definition) is 4. The van der Waals surface area contributed by atoms with Gasteiger partial charge in [-0.15, -0.1) is 0 Å². The van der Waals surface area contributed by atoms with Gasteiger partial charge < -0.3 is 20.7 Å². The number of hydrogen-bond donors (Lipinski definition) is 3. The summed E-state index contributed by atoms with van der Waals surface area (Å²) in [5, 5.41) is 20.4. The number of aliphatic hydroxyl groups is 2. The molecule has 0 bridgehead atoms. The Hall–Kier alpha value is -2.09. The number of benzene rings is 2. The van der Waals surface area contributed by atoms with Crippen molar-refractivity contribution in [1.82, 2.24) is 0 Å². The molecule has 29 heavy (non-hydrogen) atoms. The molecule has 0 aliphatic heterocycles. The first-order chi connectivity index (χ1) is 13.4. The fourth-order valence-electron chi connectivity index (χ4n) is 3.14. The molecule has 4 N–H and O–H groups in total. The molecule has 0 aliphatic carbocycles. The Morgan fingerprint density at radius 3 is 2.14 bits per heavy atom. The van der Waals surface area contributed by atoms with Crippen LogP contribution < -0.4 is 10.5 Å². The lowest BCUT2D eigenvalue weighted by atomic mass is 9.78. The van der Waals surface area contributed by atoms with Crippen LogP contribution in [0.1, 0.15) is 37.5 Å². The van der Waals surface area contributed by atoms with E-state index in [0.29, 0.717) is 12.2 Å². The number of alkyl halides is 3. The van der Waals surface area contributed by atoms with Crippen LogP contribution in [0, 0.1) is 5.92 Å². The fourth-order valence-corrected chi connectivity index (χ4v) is 3.14. The predicted molar refractivity (Wildman–Crippen MR) is 105 cm³/mol. The van der Waals surface area contributed by atoms with Crippen molar-refractivity contribution < 1.29 is 28.1 Å². The smallest absolute Gasteiger partial charge is 0.416 e. The summed E-state index contributed by atoms with van der Waals surface area (Å²) >= 11 is 0. The zero-order valence-electron chi connectivity index (χ0n) is 16.8. The first kappa shape index (κ1) is 23.2. The Kier molecular flexibility index (Phi) is 6.98. The van der Waals surface area contributed by atoms with Gasteiger partial charge in [0.05, 0.1) is 12.2 Å². The van der Waals surface area contributed by atoms with Crippen LogP contribution in [0.4, 0.5) is 13.2 Å². The second kappa shape index (κ2) is 8.73. The van der Waals surface area contributed by atoms with E-state index >= 15 is 0 Å². The molecule has 0 aromatic heterocycles. The third-order valence-electron chi connectivity index (χ3n) is 5.06. The number of halogens is 3. The van der Waals surface area contributed by atoms with Crippen molar-refractivity contribution in [2.24, 2.45) is 11.7 Å². The predicted octanol–water partition coefficient (Wildman–Crippen LogP) is 3.88. The van der Waals surface area contributed by atoms with Crippen molar-refractivity contribution in [3.05, 3.63) is 65.2 Å². The highest BCUT2D eigenvalue weighted by atomic mass is 19.4. The van der Waals surface area contributed by atoms with E-state index in [9.17, 15) is 23.4 Å². The van der Waals surface area contributed by atoms with Gasteiger partial charge in [-0.3, -0.25) is 0 Å². The van der Waals surface area contributed by atoms with Gasteiger partial charge in [0.2, 0.25) is 0 Å². The number of rotatable bonds is 8. The summed E-state index contributed by atoms with van der Waals surface area (Å²) in [5.74, 6) is 0.157. The molecule has 0 aliphatic rings. The molecule has 2 aromatic carbocycles. The van der Waals surface area contributed by atoms with E-state index in [4.69, 9.17) is 10.5 Å². The molecule has 2 unspecified atom stereocenters. The zero-order valence-corrected chi connectivity index (χ0v) is 16.8. The molecule has 4 nitrogen and oxygen atoms in total. The van der Waals surface area contributed by atoms with Crippen LogP contribution in [0.15, 0.2) is 48.5 Å². The highest BCUT2D eigenvalue weighted by Gasteiger charge is 2.37. The summed E-state index contributed by atoms with van der Waals surface area (Å²) in [7, 11) is 0. The number of ether oxygens (including phenoxy) is 1. The Balaban J connectivity index is 2.20. The minimum atomic E-state index is -4.49. The van der Waals surface area contributed by atoms with Gasteiger partial charge >= 0.3 is 6.18 Å². The van der Waals surface area contributed by atoms with Crippen LogP contribution in [0.5, 0.6) is 5.75 Å². The molecule has 0 saturated heterocycles. The number of aliphatic hydroxyl groups excluding tert-OH is 1. The minimum Gasteiger partial charge on any atom is -0.485 e. The molecule has 0 amide bonds. The first-order valence-corrected chi connectivity index (χ1v) is 9.40. The number of nitrogens with two attached hydrogens (primary N) is 1. The lowest BCUT2D eigenvalue weighted by Gasteiger charge is -2.34. The van der Waals surface area contributed by atoms with E-state index < -0.39 is 28.9 Å². The molecule has 2 aromatic rings. The lowest BCUT2D eigenvalue weighted by molar-refractivity contribution is -0.137. The van der Waals surface area contributed by atoms with E-state index in [1.54, 1.807) is 32.9 Å². The molecule has 0 saturated carbocycles.